The van der Waals surface area contributed by atoms with Crippen molar-refractivity contribution in [2.75, 3.05) is 50.5 Å². The lowest BCUT2D eigenvalue weighted by Gasteiger charge is -2.35. The van der Waals surface area contributed by atoms with Gasteiger partial charge < -0.3 is 15.0 Å². The first-order chi connectivity index (χ1) is 14.9. The average molecular weight is 450 g/mol. The second kappa shape index (κ2) is 10.6. The van der Waals surface area contributed by atoms with Gasteiger partial charge in [0.15, 0.2) is 0 Å². The number of methoxy groups -OCH3 is 1. The Morgan fingerprint density at radius 3 is 2.29 bits per heavy atom. The van der Waals surface area contributed by atoms with Crippen LogP contribution in [0, 0.1) is 5.82 Å². The fourth-order valence-corrected chi connectivity index (χ4v) is 4.97. The molecule has 0 bridgehead atoms. The van der Waals surface area contributed by atoms with Gasteiger partial charge in [0.05, 0.1) is 19.3 Å². The van der Waals surface area contributed by atoms with Gasteiger partial charge in [-0.3, -0.25) is 4.79 Å². The SMILES string of the molecule is COc1ccc(CC(=O)NCCCS(=O)(=O)N2CCN(c3ccc(F)cc3)CC2)cc1. The Labute approximate surface area is 182 Å². The second-order valence-electron chi connectivity index (χ2n) is 7.41. The quantitative estimate of drug-likeness (QED) is 0.593. The largest absolute Gasteiger partial charge is 0.497 e. The number of carbonyl (C=O) groups is 1. The van der Waals surface area contributed by atoms with E-state index in [1.165, 1.54) is 16.4 Å². The monoisotopic (exact) mass is 449 g/mol. The molecule has 0 radical (unpaired) electrons. The van der Waals surface area contributed by atoms with Crippen molar-refractivity contribution in [1.29, 1.82) is 0 Å². The lowest BCUT2D eigenvalue weighted by Crippen LogP contribution is -2.49. The van der Waals surface area contributed by atoms with E-state index in [9.17, 15) is 17.6 Å². The molecule has 1 saturated heterocycles. The van der Waals surface area contributed by atoms with Crippen LogP contribution < -0.4 is 15.0 Å². The standard InChI is InChI=1S/C22H28FN3O4S/c1-30-21-9-3-18(4-10-21)17-22(27)24-11-2-16-31(28,29)26-14-12-25(13-15-26)20-7-5-19(23)6-8-20/h3-10H,2,11-17H2,1H3,(H,24,27). The number of nitrogens with one attached hydrogen (secondary N) is 1. The predicted octanol–water partition coefficient (Wildman–Crippen LogP) is 2.04. The molecular formula is C22H28FN3O4S. The van der Waals surface area contributed by atoms with Crippen molar-refractivity contribution in [3.05, 3.63) is 59.9 Å². The smallest absolute Gasteiger partial charge is 0.224 e. The van der Waals surface area contributed by atoms with E-state index in [1.807, 2.05) is 17.0 Å². The van der Waals surface area contributed by atoms with E-state index in [0.717, 1.165) is 17.0 Å². The number of benzene rings is 2. The molecule has 0 spiro atoms. The Kier molecular flexibility index (Phi) is 7.86. The Bertz CT molecular complexity index is 957. The Balaban J connectivity index is 1.38. The highest BCUT2D eigenvalue weighted by molar-refractivity contribution is 7.89. The third-order valence-electron chi connectivity index (χ3n) is 5.25. The number of halogens is 1. The molecule has 1 amide bonds. The molecule has 3 rings (SSSR count). The van der Waals surface area contributed by atoms with Crippen molar-refractivity contribution in [3.63, 3.8) is 0 Å². The number of anilines is 1. The van der Waals surface area contributed by atoms with Crippen LogP contribution in [0.25, 0.3) is 0 Å². The van der Waals surface area contributed by atoms with Crippen LogP contribution in [0.3, 0.4) is 0 Å². The number of hydrogen-bond donors (Lipinski definition) is 1. The Morgan fingerprint density at radius 2 is 1.68 bits per heavy atom. The maximum absolute atomic E-state index is 13.1. The van der Waals surface area contributed by atoms with E-state index in [1.54, 1.807) is 31.4 Å². The van der Waals surface area contributed by atoms with Crippen molar-refractivity contribution >= 4 is 21.6 Å². The van der Waals surface area contributed by atoms with Gasteiger partial charge in [0.25, 0.3) is 0 Å². The summed E-state index contributed by atoms with van der Waals surface area (Å²) in [5, 5.41) is 2.78. The molecule has 168 valence electrons. The molecule has 1 fully saturated rings. The molecule has 0 aromatic heterocycles. The molecule has 1 heterocycles. The zero-order chi connectivity index (χ0) is 22.3. The molecule has 1 aliphatic heterocycles. The van der Waals surface area contributed by atoms with Gasteiger partial charge in [-0.25, -0.2) is 12.8 Å². The van der Waals surface area contributed by atoms with E-state index in [0.29, 0.717) is 39.1 Å². The molecule has 9 heteroatoms. The van der Waals surface area contributed by atoms with Crippen molar-refractivity contribution in [2.45, 2.75) is 12.8 Å². The van der Waals surface area contributed by atoms with Crippen molar-refractivity contribution in [1.82, 2.24) is 9.62 Å². The highest BCUT2D eigenvalue weighted by Gasteiger charge is 2.26. The number of sulfonamides is 1. The Morgan fingerprint density at radius 1 is 1.03 bits per heavy atom. The first kappa shape index (κ1) is 23.0. The van der Waals surface area contributed by atoms with Crippen LogP contribution in [0.1, 0.15) is 12.0 Å². The van der Waals surface area contributed by atoms with E-state index in [2.05, 4.69) is 5.32 Å². The molecule has 0 saturated carbocycles. The maximum Gasteiger partial charge on any atom is 0.224 e. The molecule has 31 heavy (non-hydrogen) atoms. The summed E-state index contributed by atoms with van der Waals surface area (Å²) in [5.74, 6) is 0.288. The summed E-state index contributed by atoms with van der Waals surface area (Å²) in [6, 6.07) is 13.5. The van der Waals surface area contributed by atoms with Crippen LogP contribution in [0.5, 0.6) is 5.75 Å². The highest BCUT2D eigenvalue weighted by atomic mass is 32.2. The number of carbonyl (C=O) groups excluding carboxylic acids is 1. The summed E-state index contributed by atoms with van der Waals surface area (Å²) < 4.78 is 44.9. The van der Waals surface area contributed by atoms with Crippen LogP contribution in [-0.2, 0) is 21.2 Å². The van der Waals surface area contributed by atoms with Crippen LogP contribution >= 0.6 is 0 Å². The van der Waals surface area contributed by atoms with Crippen LogP contribution in [0.2, 0.25) is 0 Å². The van der Waals surface area contributed by atoms with Gasteiger partial charge in [-0.05, 0) is 48.4 Å². The van der Waals surface area contributed by atoms with E-state index in [-0.39, 0.29) is 23.9 Å². The van der Waals surface area contributed by atoms with Crippen molar-refractivity contribution in [3.8, 4) is 5.75 Å². The number of ether oxygens (including phenoxy) is 1. The topological polar surface area (TPSA) is 78.9 Å². The molecule has 1 N–H and O–H groups in total. The van der Waals surface area contributed by atoms with Gasteiger partial charge in [-0.15, -0.1) is 0 Å². The van der Waals surface area contributed by atoms with Gasteiger partial charge in [0.2, 0.25) is 15.9 Å². The number of piperazine rings is 1. The summed E-state index contributed by atoms with van der Waals surface area (Å²) in [5.41, 5.74) is 1.75. The van der Waals surface area contributed by atoms with E-state index in [4.69, 9.17) is 4.74 Å². The highest BCUT2D eigenvalue weighted by Crippen LogP contribution is 2.18. The van der Waals surface area contributed by atoms with Crippen molar-refractivity contribution < 1.29 is 22.3 Å². The molecule has 0 atom stereocenters. The van der Waals surface area contributed by atoms with Gasteiger partial charge in [0, 0.05) is 38.4 Å². The molecule has 1 aliphatic rings. The second-order valence-corrected chi connectivity index (χ2v) is 9.50. The van der Waals surface area contributed by atoms with Crippen LogP contribution in [0.15, 0.2) is 48.5 Å². The third-order valence-corrected chi connectivity index (χ3v) is 7.21. The van der Waals surface area contributed by atoms with Crippen LogP contribution in [-0.4, -0.2) is 64.2 Å². The van der Waals surface area contributed by atoms with Gasteiger partial charge in [-0.2, -0.15) is 4.31 Å². The van der Waals surface area contributed by atoms with Gasteiger partial charge >= 0.3 is 0 Å². The molecule has 0 unspecified atom stereocenters. The minimum Gasteiger partial charge on any atom is -0.497 e. The van der Waals surface area contributed by atoms with Crippen molar-refractivity contribution in [2.24, 2.45) is 0 Å². The lowest BCUT2D eigenvalue weighted by atomic mass is 10.1. The summed E-state index contributed by atoms with van der Waals surface area (Å²) in [7, 11) is -1.79. The lowest BCUT2D eigenvalue weighted by molar-refractivity contribution is -0.120. The minimum atomic E-state index is -3.38. The molecule has 7 nitrogen and oxygen atoms in total. The average Bonchev–Trinajstić information content (AvgIpc) is 2.78. The number of amides is 1. The summed E-state index contributed by atoms with van der Waals surface area (Å²) in [6.07, 6.45) is 0.594. The molecular weight excluding hydrogens is 421 g/mol. The summed E-state index contributed by atoms with van der Waals surface area (Å²) >= 11 is 0. The molecule has 2 aromatic rings. The fourth-order valence-electron chi connectivity index (χ4n) is 3.48. The summed E-state index contributed by atoms with van der Waals surface area (Å²) in [6.45, 7) is 2.21. The minimum absolute atomic E-state index is 0.00758. The van der Waals surface area contributed by atoms with Gasteiger partial charge in [0.1, 0.15) is 11.6 Å². The normalized spacial score (nSPS) is 15.0. The maximum atomic E-state index is 13.1. The first-order valence-electron chi connectivity index (χ1n) is 10.3. The van der Waals surface area contributed by atoms with E-state index >= 15 is 0 Å². The molecule has 2 aromatic carbocycles. The third kappa shape index (κ3) is 6.67. The molecule has 0 aliphatic carbocycles. The number of rotatable bonds is 9. The predicted molar refractivity (Wildman–Crippen MR) is 118 cm³/mol. The van der Waals surface area contributed by atoms with Gasteiger partial charge in [-0.1, -0.05) is 12.1 Å². The number of nitrogens with zero attached hydrogens (tertiary/aromatic N) is 2. The first-order valence-corrected chi connectivity index (χ1v) is 11.9. The van der Waals surface area contributed by atoms with E-state index < -0.39 is 10.0 Å². The summed E-state index contributed by atoms with van der Waals surface area (Å²) in [4.78, 5) is 14.1. The zero-order valence-electron chi connectivity index (χ0n) is 17.6. The fraction of sp³-hybridized carbons (Fsp3) is 0.409. The zero-order valence-corrected chi connectivity index (χ0v) is 18.4. The number of hydrogen-bond acceptors (Lipinski definition) is 5. The van der Waals surface area contributed by atoms with Crippen LogP contribution in [0.4, 0.5) is 10.1 Å². The Hall–Kier alpha value is -2.65.